The lowest BCUT2D eigenvalue weighted by atomic mass is 10.1. The van der Waals surface area contributed by atoms with Crippen LogP contribution in [0.2, 0.25) is 0 Å². The van der Waals surface area contributed by atoms with Gasteiger partial charge in [-0.25, -0.2) is 14.8 Å². The molecule has 2 rings (SSSR count). The average molecular weight is 300 g/mol. The number of hydrogen-bond donors (Lipinski definition) is 4. The van der Waals surface area contributed by atoms with Crippen LogP contribution < -0.4 is 22.1 Å². The van der Waals surface area contributed by atoms with E-state index in [0.717, 1.165) is 5.56 Å². The smallest absolute Gasteiger partial charge is 0.320 e. The van der Waals surface area contributed by atoms with Gasteiger partial charge in [-0.3, -0.25) is 10.1 Å². The lowest BCUT2D eigenvalue weighted by Crippen LogP contribution is -2.24. The predicted octanol–water partition coefficient (Wildman–Crippen LogP) is 0.500. The molecule has 0 aliphatic carbocycles. The fraction of sp³-hybridized carbons (Fsp3) is 0.143. The summed E-state index contributed by atoms with van der Waals surface area (Å²) < 4.78 is 0. The van der Waals surface area contributed by atoms with Gasteiger partial charge in [0.25, 0.3) is 5.91 Å². The first-order valence-electron chi connectivity index (χ1n) is 6.48. The van der Waals surface area contributed by atoms with E-state index in [2.05, 4.69) is 20.6 Å². The maximum absolute atomic E-state index is 11.3. The maximum atomic E-state index is 11.3. The van der Waals surface area contributed by atoms with Crippen LogP contribution in [0.5, 0.6) is 0 Å². The zero-order chi connectivity index (χ0) is 16.1. The van der Waals surface area contributed by atoms with Crippen LogP contribution in [0.15, 0.2) is 30.5 Å². The molecule has 0 aliphatic rings. The molecule has 0 atom stereocenters. The number of carbonyl (C=O) groups is 2. The molecule has 2 aromatic heterocycles. The Hall–Kier alpha value is -3.16. The number of aromatic nitrogens is 2. The summed E-state index contributed by atoms with van der Waals surface area (Å²) in [6, 6.07) is 6.41. The molecule has 0 fully saturated rings. The van der Waals surface area contributed by atoms with E-state index in [4.69, 9.17) is 11.5 Å². The Morgan fingerprint density at radius 2 is 2.05 bits per heavy atom. The third-order valence-corrected chi connectivity index (χ3v) is 2.93. The van der Waals surface area contributed by atoms with Crippen LogP contribution >= 0.6 is 0 Å². The minimum atomic E-state index is -0.613. The molecule has 8 heteroatoms. The van der Waals surface area contributed by atoms with Gasteiger partial charge in [0.2, 0.25) is 0 Å². The van der Waals surface area contributed by atoms with Gasteiger partial charge in [0.05, 0.1) is 5.56 Å². The fourth-order valence-corrected chi connectivity index (χ4v) is 1.86. The normalized spacial score (nSPS) is 10.0. The summed E-state index contributed by atoms with van der Waals surface area (Å²) in [5.41, 5.74) is 12.6. The van der Waals surface area contributed by atoms with Gasteiger partial charge in [0, 0.05) is 25.4 Å². The third-order valence-electron chi connectivity index (χ3n) is 2.93. The second kappa shape index (κ2) is 6.53. The van der Waals surface area contributed by atoms with E-state index < -0.39 is 5.91 Å². The lowest BCUT2D eigenvalue weighted by molar-refractivity contribution is 0.100. The van der Waals surface area contributed by atoms with Crippen LogP contribution in [0.1, 0.15) is 21.6 Å². The fourth-order valence-electron chi connectivity index (χ4n) is 1.86. The second-order valence-corrected chi connectivity index (χ2v) is 4.53. The van der Waals surface area contributed by atoms with Crippen molar-refractivity contribution in [1.29, 1.82) is 0 Å². The number of primary amides is 1. The molecule has 0 unspecified atom stereocenters. The van der Waals surface area contributed by atoms with Gasteiger partial charge in [0.1, 0.15) is 11.6 Å². The quantitative estimate of drug-likeness (QED) is 0.651. The van der Waals surface area contributed by atoms with Crippen molar-refractivity contribution in [3.8, 4) is 0 Å². The minimum absolute atomic E-state index is 0.0998. The number of nitrogen functional groups attached to an aromatic ring is 1. The van der Waals surface area contributed by atoms with Crippen molar-refractivity contribution in [3.63, 3.8) is 0 Å². The molecular weight excluding hydrogens is 284 g/mol. The number of amides is 3. The molecule has 2 aromatic rings. The average Bonchev–Trinajstić information content (AvgIpc) is 2.47. The maximum Gasteiger partial charge on any atom is 0.320 e. The van der Waals surface area contributed by atoms with Crippen molar-refractivity contribution in [2.45, 2.75) is 6.42 Å². The van der Waals surface area contributed by atoms with Crippen LogP contribution in [0, 0.1) is 0 Å². The highest BCUT2D eigenvalue weighted by Gasteiger charge is 2.09. The van der Waals surface area contributed by atoms with Crippen molar-refractivity contribution >= 4 is 23.6 Å². The summed E-state index contributed by atoms with van der Waals surface area (Å²) >= 11 is 0. The zero-order valence-electron chi connectivity index (χ0n) is 12.0. The van der Waals surface area contributed by atoms with E-state index in [1.54, 1.807) is 30.5 Å². The Morgan fingerprint density at radius 1 is 1.27 bits per heavy atom. The summed E-state index contributed by atoms with van der Waals surface area (Å²) in [6.45, 7) is 0. The van der Waals surface area contributed by atoms with Gasteiger partial charge in [-0.1, -0.05) is 0 Å². The summed E-state index contributed by atoms with van der Waals surface area (Å²) in [7, 11) is 1.52. The largest absolute Gasteiger partial charge is 0.383 e. The van der Waals surface area contributed by atoms with E-state index in [0.29, 0.717) is 17.9 Å². The summed E-state index contributed by atoms with van der Waals surface area (Å²) in [6.07, 6.45) is 2.07. The number of nitrogens with one attached hydrogen (secondary N) is 2. The topological polar surface area (TPSA) is 136 Å². The Bertz CT molecular complexity index is 716. The highest BCUT2D eigenvalue weighted by Crippen LogP contribution is 2.14. The van der Waals surface area contributed by atoms with Crippen molar-refractivity contribution in [3.05, 3.63) is 47.3 Å². The van der Waals surface area contributed by atoms with Crippen LogP contribution in [-0.4, -0.2) is 29.0 Å². The van der Waals surface area contributed by atoms with Crippen LogP contribution in [0.4, 0.5) is 16.4 Å². The monoisotopic (exact) mass is 300 g/mol. The summed E-state index contributed by atoms with van der Waals surface area (Å²) in [4.78, 5) is 30.6. The van der Waals surface area contributed by atoms with E-state index in [1.807, 2.05) is 0 Å². The van der Waals surface area contributed by atoms with Gasteiger partial charge in [-0.2, -0.15) is 0 Å². The molecule has 0 spiro atoms. The van der Waals surface area contributed by atoms with Crippen LogP contribution in [0.3, 0.4) is 0 Å². The molecule has 22 heavy (non-hydrogen) atoms. The molecular formula is C14H16N6O2. The molecule has 0 saturated heterocycles. The number of rotatable bonds is 4. The first-order chi connectivity index (χ1) is 10.5. The first-order valence-corrected chi connectivity index (χ1v) is 6.48. The van der Waals surface area contributed by atoms with Crippen LogP contribution in [-0.2, 0) is 6.42 Å². The molecule has 0 aliphatic heterocycles. The minimum Gasteiger partial charge on any atom is -0.383 e. The summed E-state index contributed by atoms with van der Waals surface area (Å²) in [5, 5.41) is 5.03. The van der Waals surface area contributed by atoms with Gasteiger partial charge < -0.3 is 16.8 Å². The van der Waals surface area contributed by atoms with Crippen molar-refractivity contribution < 1.29 is 9.59 Å². The molecule has 0 bridgehead atoms. The molecule has 2 heterocycles. The highest BCUT2D eigenvalue weighted by molar-refractivity contribution is 5.97. The molecule has 0 saturated carbocycles. The second-order valence-electron chi connectivity index (χ2n) is 4.53. The van der Waals surface area contributed by atoms with Crippen molar-refractivity contribution in [2.75, 3.05) is 18.1 Å². The lowest BCUT2D eigenvalue weighted by Gasteiger charge is -2.07. The third kappa shape index (κ3) is 3.69. The predicted molar refractivity (Wildman–Crippen MR) is 82.3 cm³/mol. The number of nitrogens with two attached hydrogens (primary N) is 2. The number of urea groups is 1. The Kier molecular flexibility index (Phi) is 4.52. The Labute approximate surface area is 126 Å². The molecule has 8 nitrogen and oxygen atoms in total. The number of carbonyl (C=O) groups excluding carboxylic acids is 2. The number of nitrogens with zero attached hydrogens (tertiary/aromatic N) is 2. The standard InChI is InChI=1S/C14H16N6O2/c1-17-14(22)20-11-7-8(4-5-18-11)6-9-2-3-10(13(16)21)12(15)19-9/h2-5,7H,6H2,1H3,(H2,15,19)(H2,16,21)(H2,17,18,20,22). The molecule has 0 radical (unpaired) electrons. The van der Waals surface area contributed by atoms with E-state index in [-0.39, 0.29) is 17.4 Å². The highest BCUT2D eigenvalue weighted by atomic mass is 16.2. The SMILES string of the molecule is CNC(=O)Nc1cc(Cc2ccc(C(N)=O)c(N)n2)ccn1. The summed E-state index contributed by atoms with van der Waals surface area (Å²) in [5.74, 6) is -0.0844. The van der Waals surface area contributed by atoms with E-state index in [1.165, 1.54) is 7.05 Å². The molecule has 6 N–H and O–H groups in total. The van der Waals surface area contributed by atoms with Crippen molar-refractivity contribution in [1.82, 2.24) is 15.3 Å². The van der Waals surface area contributed by atoms with Gasteiger partial charge in [-0.15, -0.1) is 0 Å². The molecule has 114 valence electrons. The Morgan fingerprint density at radius 3 is 2.68 bits per heavy atom. The van der Waals surface area contributed by atoms with Gasteiger partial charge >= 0.3 is 6.03 Å². The number of hydrogen-bond acceptors (Lipinski definition) is 5. The number of pyridine rings is 2. The molecule has 0 aromatic carbocycles. The van der Waals surface area contributed by atoms with Gasteiger partial charge in [0.15, 0.2) is 0 Å². The van der Waals surface area contributed by atoms with Crippen molar-refractivity contribution in [2.24, 2.45) is 5.73 Å². The van der Waals surface area contributed by atoms with E-state index >= 15 is 0 Å². The van der Waals surface area contributed by atoms with Crippen LogP contribution in [0.25, 0.3) is 0 Å². The first kappa shape index (κ1) is 15.2. The molecule has 3 amide bonds. The van der Waals surface area contributed by atoms with Gasteiger partial charge in [-0.05, 0) is 29.8 Å². The number of anilines is 2. The zero-order valence-corrected chi connectivity index (χ0v) is 12.0. The Balaban J connectivity index is 2.17. The van der Waals surface area contributed by atoms with E-state index in [9.17, 15) is 9.59 Å².